The van der Waals surface area contributed by atoms with Crippen LogP contribution in [0.15, 0.2) is 66.7 Å². The molecule has 0 bridgehead atoms. The maximum atomic E-state index is 11.7. The number of nitrogens with zero attached hydrogens (tertiary/aromatic N) is 6. The molecule has 0 radical (unpaired) electrons. The highest BCUT2D eigenvalue weighted by Crippen LogP contribution is 2.33. The Kier molecular flexibility index (Phi) is 8.30. The molecule has 1 aliphatic rings. The first kappa shape index (κ1) is 26.5. The van der Waals surface area contributed by atoms with Gasteiger partial charge in [0.2, 0.25) is 17.7 Å². The molecule has 39 heavy (non-hydrogen) atoms. The van der Waals surface area contributed by atoms with Crippen molar-refractivity contribution in [3.63, 3.8) is 0 Å². The van der Waals surface area contributed by atoms with Gasteiger partial charge in [-0.05, 0) is 55.9 Å². The molecule has 4 aromatic rings. The molecule has 1 aliphatic heterocycles. The lowest BCUT2D eigenvalue weighted by atomic mass is 10.3. The predicted octanol–water partition coefficient (Wildman–Crippen LogP) is 4.43. The van der Waals surface area contributed by atoms with Crippen molar-refractivity contribution in [2.24, 2.45) is 0 Å². The number of piperazine rings is 1. The summed E-state index contributed by atoms with van der Waals surface area (Å²) in [6.45, 7) is 9.65. The smallest absolute Gasteiger partial charge is 0.247 e. The highest BCUT2D eigenvalue weighted by atomic mass is 32.1. The minimum atomic E-state index is -0.289. The molecule has 5 rings (SSSR count). The van der Waals surface area contributed by atoms with E-state index in [1.54, 1.807) is 24.4 Å². The number of amides is 1. The first-order valence-corrected chi connectivity index (χ1v) is 13.7. The van der Waals surface area contributed by atoms with Gasteiger partial charge >= 0.3 is 0 Å². The number of aromatic nitrogens is 3. The van der Waals surface area contributed by atoms with Crippen molar-refractivity contribution >= 4 is 50.6 Å². The zero-order valence-electron chi connectivity index (χ0n) is 22.1. The van der Waals surface area contributed by atoms with Gasteiger partial charge in [0.1, 0.15) is 16.3 Å². The number of fused-ring (bicyclic) bond motifs is 1. The van der Waals surface area contributed by atoms with Crippen LogP contribution in [0.1, 0.15) is 0 Å². The summed E-state index contributed by atoms with van der Waals surface area (Å²) in [6, 6.07) is 13.1. The molecule has 2 N–H and O–H groups in total. The van der Waals surface area contributed by atoms with Crippen LogP contribution in [0.3, 0.4) is 0 Å². The molecule has 0 saturated carbocycles. The van der Waals surface area contributed by atoms with E-state index in [-0.39, 0.29) is 5.91 Å². The van der Waals surface area contributed by atoms with Crippen LogP contribution in [0, 0.1) is 0 Å². The number of hydrogen-bond donors (Lipinski definition) is 2. The van der Waals surface area contributed by atoms with E-state index in [1.807, 2.05) is 29.6 Å². The maximum absolute atomic E-state index is 11.7. The fourth-order valence-corrected chi connectivity index (χ4v) is 4.98. The fraction of sp³-hybridized carbons (Fsp3) is 0.286. The number of benzene rings is 1. The predicted molar refractivity (Wildman–Crippen MR) is 157 cm³/mol. The molecule has 4 heterocycles. The minimum Gasteiger partial charge on any atom is -0.437 e. The minimum absolute atomic E-state index is 0.289. The normalized spacial score (nSPS) is 14.0. The van der Waals surface area contributed by atoms with Gasteiger partial charge in [-0.25, -0.2) is 9.97 Å². The van der Waals surface area contributed by atoms with Gasteiger partial charge in [0, 0.05) is 51.0 Å². The van der Waals surface area contributed by atoms with Crippen LogP contribution < -0.4 is 20.3 Å². The summed E-state index contributed by atoms with van der Waals surface area (Å²) in [7, 11) is 4.22. The number of thiophene rings is 1. The number of rotatable bonds is 10. The van der Waals surface area contributed by atoms with Gasteiger partial charge in [-0.2, -0.15) is 4.98 Å². The Balaban J connectivity index is 1.26. The van der Waals surface area contributed by atoms with E-state index in [1.165, 1.54) is 17.4 Å². The molecule has 10 nitrogen and oxygen atoms in total. The van der Waals surface area contributed by atoms with E-state index < -0.39 is 0 Å². The largest absolute Gasteiger partial charge is 0.437 e. The topological polar surface area (TPSA) is 98.7 Å². The summed E-state index contributed by atoms with van der Waals surface area (Å²) in [6.07, 6.45) is 3.03. The van der Waals surface area contributed by atoms with Crippen molar-refractivity contribution in [2.45, 2.75) is 0 Å². The van der Waals surface area contributed by atoms with Crippen molar-refractivity contribution in [3.05, 3.63) is 66.7 Å². The van der Waals surface area contributed by atoms with Gasteiger partial charge in [0.25, 0.3) is 0 Å². The first-order chi connectivity index (χ1) is 19.0. The number of carbonyl (C=O) groups excluding carboxylic acids is 1. The van der Waals surface area contributed by atoms with Gasteiger partial charge < -0.3 is 25.2 Å². The third-order valence-corrected chi connectivity index (χ3v) is 7.23. The number of nitrogens with one attached hydrogen (secondary N) is 2. The van der Waals surface area contributed by atoms with Gasteiger partial charge in [-0.15, -0.1) is 11.3 Å². The van der Waals surface area contributed by atoms with Crippen LogP contribution >= 0.6 is 11.3 Å². The second kappa shape index (κ2) is 12.2. The van der Waals surface area contributed by atoms with Crippen molar-refractivity contribution in [2.75, 3.05) is 68.9 Å². The lowest BCUT2D eigenvalue weighted by Crippen LogP contribution is -2.48. The van der Waals surface area contributed by atoms with Crippen molar-refractivity contribution in [1.82, 2.24) is 24.8 Å². The molecule has 11 heteroatoms. The number of ether oxygens (including phenoxy) is 1. The van der Waals surface area contributed by atoms with Crippen molar-refractivity contribution < 1.29 is 9.53 Å². The number of anilines is 4. The fourth-order valence-electron chi connectivity index (χ4n) is 4.22. The summed E-state index contributed by atoms with van der Waals surface area (Å²) in [5.74, 6) is 2.07. The van der Waals surface area contributed by atoms with Crippen LogP contribution in [0.5, 0.6) is 11.6 Å². The quantitative estimate of drug-likeness (QED) is 0.281. The summed E-state index contributed by atoms with van der Waals surface area (Å²) in [4.78, 5) is 32.7. The van der Waals surface area contributed by atoms with Crippen molar-refractivity contribution in [1.29, 1.82) is 0 Å². The standard InChI is InChI=1S/C28H32N8O2S/c1-4-25(37)30-20-6-5-7-22(18-20)38-27-26-23(10-17-39-26)32-28(33-27)31-21-8-9-24(29-19-21)36-15-13-35(14-16-36)12-11-34(2)3/h4-10,17-19H,1,11-16H2,2-3H3,(H,30,37)(H,31,32,33). The molecule has 3 aromatic heterocycles. The Morgan fingerprint density at radius 2 is 1.97 bits per heavy atom. The van der Waals surface area contributed by atoms with E-state index in [0.717, 1.165) is 61.0 Å². The second-order valence-electron chi connectivity index (χ2n) is 9.47. The average Bonchev–Trinajstić information content (AvgIpc) is 3.42. The highest BCUT2D eigenvalue weighted by Gasteiger charge is 2.18. The van der Waals surface area contributed by atoms with E-state index in [9.17, 15) is 4.79 Å². The van der Waals surface area contributed by atoms with Gasteiger partial charge in [0.15, 0.2) is 0 Å². The molecule has 202 valence electrons. The van der Waals surface area contributed by atoms with Crippen LogP contribution in [-0.4, -0.2) is 84.0 Å². The Bertz CT molecular complexity index is 1430. The average molecular weight is 545 g/mol. The molecule has 1 saturated heterocycles. The molecule has 1 aromatic carbocycles. The number of likely N-dealkylation sites (N-methyl/N-ethyl adjacent to an activating group) is 1. The molecule has 0 aliphatic carbocycles. The van der Waals surface area contributed by atoms with E-state index >= 15 is 0 Å². The Hall–Kier alpha value is -4.06. The highest BCUT2D eigenvalue weighted by molar-refractivity contribution is 7.17. The molecule has 0 spiro atoms. The van der Waals surface area contributed by atoms with Crippen LogP contribution in [0.4, 0.5) is 23.1 Å². The zero-order chi connectivity index (χ0) is 27.2. The lowest BCUT2D eigenvalue weighted by molar-refractivity contribution is -0.111. The summed E-state index contributed by atoms with van der Waals surface area (Å²) in [5, 5.41) is 7.95. The van der Waals surface area contributed by atoms with Gasteiger partial charge in [0.05, 0.1) is 17.4 Å². The molecule has 1 fully saturated rings. The second-order valence-corrected chi connectivity index (χ2v) is 10.4. The summed E-state index contributed by atoms with van der Waals surface area (Å²) >= 11 is 1.50. The van der Waals surface area contributed by atoms with Crippen molar-refractivity contribution in [3.8, 4) is 11.6 Å². The first-order valence-electron chi connectivity index (χ1n) is 12.8. The molecular formula is C28H32N8O2S. The Morgan fingerprint density at radius 3 is 2.72 bits per heavy atom. The monoisotopic (exact) mass is 544 g/mol. The van der Waals surface area contributed by atoms with E-state index in [4.69, 9.17) is 9.72 Å². The molecule has 1 amide bonds. The Morgan fingerprint density at radius 1 is 1.13 bits per heavy atom. The van der Waals surface area contributed by atoms with Crippen LogP contribution in [0.25, 0.3) is 10.2 Å². The Labute approximate surface area is 231 Å². The number of hydrogen-bond acceptors (Lipinski definition) is 10. The molecule has 0 unspecified atom stereocenters. The SMILES string of the molecule is C=CC(=O)Nc1cccc(Oc2nc(Nc3ccc(N4CCN(CCN(C)C)CC4)nc3)nc3ccsc23)c1. The van der Waals surface area contributed by atoms with E-state index in [0.29, 0.717) is 23.3 Å². The third kappa shape index (κ3) is 6.88. The van der Waals surface area contributed by atoms with Crippen LogP contribution in [-0.2, 0) is 4.79 Å². The maximum Gasteiger partial charge on any atom is 0.247 e. The zero-order valence-corrected chi connectivity index (χ0v) is 22.9. The van der Waals surface area contributed by atoms with Crippen LogP contribution in [0.2, 0.25) is 0 Å². The third-order valence-electron chi connectivity index (χ3n) is 6.34. The number of pyridine rings is 1. The van der Waals surface area contributed by atoms with Gasteiger partial charge in [-0.1, -0.05) is 12.6 Å². The van der Waals surface area contributed by atoms with E-state index in [2.05, 4.69) is 56.0 Å². The number of carbonyl (C=O) groups is 1. The molecular weight excluding hydrogens is 512 g/mol. The molecule has 0 atom stereocenters. The summed E-state index contributed by atoms with van der Waals surface area (Å²) < 4.78 is 6.97. The lowest BCUT2D eigenvalue weighted by Gasteiger charge is -2.35. The summed E-state index contributed by atoms with van der Waals surface area (Å²) in [5.41, 5.74) is 2.17. The van der Waals surface area contributed by atoms with Gasteiger partial charge in [-0.3, -0.25) is 9.69 Å².